The van der Waals surface area contributed by atoms with Crippen molar-refractivity contribution in [2.75, 3.05) is 19.0 Å². The third-order valence-electron chi connectivity index (χ3n) is 3.70. The van der Waals surface area contributed by atoms with Gasteiger partial charge in [-0.15, -0.1) is 0 Å². The van der Waals surface area contributed by atoms with E-state index in [0.29, 0.717) is 6.61 Å². The molecule has 2 aromatic carbocycles. The van der Waals surface area contributed by atoms with Crippen LogP contribution in [0.3, 0.4) is 0 Å². The fourth-order valence-corrected chi connectivity index (χ4v) is 2.56. The Bertz CT molecular complexity index is 610. The maximum atomic E-state index is 5.85. The van der Waals surface area contributed by atoms with E-state index in [1.807, 2.05) is 30.3 Å². The Kier molecular flexibility index (Phi) is 3.50. The normalized spacial score (nSPS) is 16.8. The molecule has 20 heavy (non-hydrogen) atoms. The summed E-state index contributed by atoms with van der Waals surface area (Å²) < 4.78 is 11.3. The number of nitrogens with one attached hydrogen (secondary N) is 1. The highest BCUT2D eigenvalue weighted by Gasteiger charge is 2.23. The third kappa shape index (κ3) is 2.31. The summed E-state index contributed by atoms with van der Waals surface area (Å²) in [5.41, 5.74) is 3.50. The average molecular weight is 269 g/mol. The van der Waals surface area contributed by atoms with Crippen molar-refractivity contribution in [1.29, 1.82) is 0 Å². The second-order valence-corrected chi connectivity index (χ2v) is 4.93. The molecule has 0 bridgehead atoms. The number of methoxy groups -OCH3 is 1. The highest BCUT2D eigenvalue weighted by atomic mass is 16.5. The SMILES string of the molecule is CCc1ccc(OC)c(C2COc3ccccc3N2)c1. The quantitative estimate of drug-likeness (QED) is 0.919. The molecule has 3 rings (SSSR count). The van der Waals surface area contributed by atoms with E-state index in [1.165, 1.54) is 5.56 Å². The zero-order valence-corrected chi connectivity index (χ0v) is 11.8. The predicted octanol–water partition coefficient (Wildman–Crippen LogP) is 3.80. The fourth-order valence-electron chi connectivity index (χ4n) is 2.56. The third-order valence-corrected chi connectivity index (χ3v) is 3.70. The number of anilines is 1. The van der Waals surface area contributed by atoms with Gasteiger partial charge in [0.05, 0.1) is 18.8 Å². The van der Waals surface area contributed by atoms with Crippen LogP contribution in [0.2, 0.25) is 0 Å². The first-order chi connectivity index (χ1) is 9.81. The van der Waals surface area contributed by atoms with E-state index in [-0.39, 0.29) is 6.04 Å². The molecule has 1 heterocycles. The lowest BCUT2D eigenvalue weighted by Gasteiger charge is -2.29. The molecule has 0 amide bonds. The highest BCUT2D eigenvalue weighted by molar-refractivity contribution is 5.60. The monoisotopic (exact) mass is 269 g/mol. The van der Waals surface area contributed by atoms with Gasteiger partial charge >= 0.3 is 0 Å². The number of para-hydroxylation sites is 2. The van der Waals surface area contributed by atoms with E-state index in [0.717, 1.165) is 29.2 Å². The number of benzene rings is 2. The molecule has 104 valence electrons. The van der Waals surface area contributed by atoms with Crippen LogP contribution >= 0.6 is 0 Å². The molecule has 0 saturated heterocycles. The van der Waals surface area contributed by atoms with Gasteiger partial charge in [0.25, 0.3) is 0 Å². The van der Waals surface area contributed by atoms with E-state index in [1.54, 1.807) is 7.11 Å². The summed E-state index contributed by atoms with van der Waals surface area (Å²) in [6.45, 7) is 2.77. The summed E-state index contributed by atoms with van der Waals surface area (Å²) in [4.78, 5) is 0. The molecule has 1 unspecified atom stereocenters. The lowest BCUT2D eigenvalue weighted by atomic mass is 10.0. The Balaban J connectivity index is 1.94. The largest absolute Gasteiger partial charge is 0.496 e. The summed E-state index contributed by atoms with van der Waals surface area (Å²) >= 11 is 0. The van der Waals surface area contributed by atoms with Crippen LogP contribution in [0.5, 0.6) is 11.5 Å². The second kappa shape index (κ2) is 5.45. The lowest BCUT2D eigenvalue weighted by Crippen LogP contribution is -2.24. The smallest absolute Gasteiger partial charge is 0.142 e. The number of hydrogen-bond acceptors (Lipinski definition) is 3. The van der Waals surface area contributed by atoms with Crippen LogP contribution in [0.15, 0.2) is 42.5 Å². The molecule has 1 atom stereocenters. The molecule has 0 radical (unpaired) electrons. The summed E-state index contributed by atoms with van der Waals surface area (Å²) in [7, 11) is 1.71. The first-order valence-electron chi connectivity index (χ1n) is 6.97. The average Bonchev–Trinajstić information content (AvgIpc) is 2.53. The minimum Gasteiger partial charge on any atom is -0.496 e. The molecule has 1 aliphatic rings. The van der Waals surface area contributed by atoms with Crippen LogP contribution in [0.1, 0.15) is 24.1 Å². The number of rotatable bonds is 3. The van der Waals surface area contributed by atoms with Crippen LogP contribution < -0.4 is 14.8 Å². The maximum Gasteiger partial charge on any atom is 0.142 e. The van der Waals surface area contributed by atoms with Crippen molar-refractivity contribution in [3.8, 4) is 11.5 Å². The summed E-state index contributed by atoms with van der Waals surface area (Å²) in [6.07, 6.45) is 1.02. The van der Waals surface area contributed by atoms with Gasteiger partial charge in [0, 0.05) is 5.56 Å². The molecule has 0 saturated carbocycles. The summed E-state index contributed by atoms with van der Waals surface area (Å²) in [6, 6.07) is 14.5. The Labute approximate surface area is 119 Å². The first-order valence-corrected chi connectivity index (χ1v) is 6.97. The van der Waals surface area contributed by atoms with Gasteiger partial charge in [0.1, 0.15) is 18.1 Å². The summed E-state index contributed by atoms with van der Waals surface area (Å²) in [5, 5.41) is 3.53. The molecular weight excluding hydrogens is 250 g/mol. The second-order valence-electron chi connectivity index (χ2n) is 4.93. The van der Waals surface area contributed by atoms with E-state index in [2.05, 4.69) is 24.4 Å². The maximum absolute atomic E-state index is 5.85. The van der Waals surface area contributed by atoms with Crippen molar-refractivity contribution in [2.24, 2.45) is 0 Å². The summed E-state index contributed by atoms with van der Waals surface area (Å²) in [5.74, 6) is 1.82. The van der Waals surface area contributed by atoms with Gasteiger partial charge in [-0.3, -0.25) is 0 Å². The van der Waals surface area contributed by atoms with Gasteiger partial charge in [-0.05, 0) is 36.2 Å². The number of hydrogen-bond donors (Lipinski definition) is 1. The van der Waals surface area contributed by atoms with Gasteiger partial charge in [0.2, 0.25) is 0 Å². The van der Waals surface area contributed by atoms with Crippen molar-refractivity contribution in [3.63, 3.8) is 0 Å². The molecule has 0 spiro atoms. The topological polar surface area (TPSA) is 30.5 Å². The van der Waals surface area contributed by atoms with E-state index in [9.17, 15) is 0 Å². The van der Waals surface area contributed by atoms with Gasteiger partial charge < -0.3 is 14.8 Å². The predicted molar refractivity (Wildman–Crippen MR) is 80.7 cm³/mol. The van der Waals surface area contributed by atoms with Crippen molar-refractivity contribution in [2.45, 2.75) is 19.4 Å². The lowest BCUT2D eigenvalue weighted by molar-refractivity contribution is 0.282. The van der Waals surface area contributed by atoms with Crippen molar-refractivity contribution >= 4 is 5.69 Å². The van der Waals surface area contributed by atoms with Crippen LogP contribution in [-0.4, -0.2) is 13.7 Å². The Morgan fingerprint density at radius 3 is 2.90 bits per heavy atom. The molecule has 0 aromatic heterocycles. The van der Waals surface area contributed by atoms with Crippen LogP contribution in [0.25, 0.3) is 0 Å². The Morgan fingerprint density at radius 1 is 1.25 bits per heavy atom. The highest BCUT2D eigenvalue weighted by Crippen LogP contribution is 2.36. The molecule has 1 aliphatic heterocycles. The van der Waals surface area contributed by atoms with Crippen LogP contribution in [-0.2, 0) is 6.42 Å². The minimum atomic E-state index is 0.117. The molecule has 0 fully saturated rings. The number of fused-ring (bicyclic) bond motifs is 1. The van der Waals surface area contributed by atoms with Gasteiger partial charge in [-0.25, -0.2) is 0 Å². The molecule has 0 aliphatic carbocycles. The van der Waals surface area contributed by atoms with E-state index in [4.69, 9.17) is 9.47 Å². The van der Waals surface area contributed by atoms with Crippen LogP contribution in [0, 0.1) is 0 Å². The number of aryl methyl sites for hydroxylation is 1. The molecule has 3 nitrogen and oxygen atoms in total. The van der Waals surface area contributed by atoms with E-state index < -0.39 is 0 Å². The standard InChI is InChI=1S/C17H19NO2/c1-3-12-8-9-16(19-2)13(10-12)15-11-20-17-7-5-4-6-14(17)18-15/h4-10,15,18H,3,11H2,1-2H3. The van der Waals surface area contributed by atoms with Crippen molar-refractivity contribution in [3.05, 3.63) is 53.6 Å². The number of ether oxygens (including phenoxy) is 2. The van der Waals surface area contributed by atoms with Gasteiger partial charge in [-0.2, -0.15) is 0 Å². The first kappa shape index (κ1) is 12.9. The Morgan fingerprint density at radius 2 is 2.10 bits per heavy atom. The fraction of sp³-hybridized carbons (Fsp3) is 0.294. The molecule has 3 heteroatoms. The zero-order valence-electron chi connectivity index (χ0n) is 11.8. The van der Waals surface area contributed by atoms with E-state index >= 15 is 0 Å². The molecule has 2 aromatic rings. The van der Waals surface area contributed by atoms with Gasteiger partial charge in [-0.1, -0.05) is 25.1 Å². The molecular formula is C17H19NO2. The zero-order chi connectivity index (χ0) is 13.9. The Hall–Kier alpha value is -2.16. The minimum absolute atomic E-state index is 0.117. The van der Waals surface area contributed by atoms with Crippen molar-refractivity contribution in [1.82, 2.24) is 0 Å². The van der Waals surface area contributed by atoms with Gasteiger partial charge in [0.15, 0.2) is 0 Å². The van der Waals surface area contributed by atoms with Crippen molar-refractivity contribution < 1.29 is 9.47 Å². The molecule has 1 N–H and O–H groups in total. The van der Waals surface area contributed by atoms with Crippen LogP contribution in [0.4, 0.5) is 5.69 Å².